The van der Waals surface area contributed by atoms with Gasteiger partial charge in [0.2, 0.25) is 0 Å². The number of hydrogen-bond acceptors (Lipinski definition) is 1. The largest absolute Gasteiger partial charge is 0.395 e. The normalized spacial score (nSPS) is 11.3. The van der Waals surface area contributed by atoms with Crippen molar-refractivity contribution in [2.45, 2.75) is 25.9 Å². The summed E-state index contributed by atoms with van der Waals surface area (Å²) in [6.07, 6.45) is -5.91. The molecule has 0 aromatic carbocycles. The van der Waals surface area contributed by atoms with Crippen LogP contribution in [-0.4, -0.2) is 12.0 Å². The Labute approximate surface area is 62.9 Å². The third kappa shape index (κ3) is 7.09. The molecular formula is C7H9F3O. The summed E-state index contributed by atoms with van der Waals surface area (Å²) in [4.78, 5) is 10.5. The zero-order valence-corrected chi connectivity index (χ0v) is 6.16. The van der Waals surface area contributed by atoms with Gasteiger partial charge in [0.1, 0.15) is 12.2 Å². The number of carbonyl (C=O) groups is 1. The lowest BCUT2D eigenvalue weighted by Gasteiger charge is -2.03. The SMILES string of the molecule is C=C(C)CC(=O)CC(F)(F)F. The molecule has 0 aliphatic rings. The van der Waals surface area contributed by atoms with Crippen LogP contribution in [0.25, 0.3) is 0 Å². The summed E-state index contributed by atoms with van der Waals surface area (Å²) in [5.74, 6) is -0.829. The molecule has 0 N–H and O–H groups in total. The standard InChI is InChI=1S/C7H9F3O/c1-5(2)3-6(11)4-7(8,9)10/h1,3-4H2,2H3. The van der Waals surface area contributed by atoms with Gasteiger partial charge in [0, 0.05) is 6.42 Å². The van der Waals surface area contributed by atoms with E-state index in [0.717, 1.165) is 0 Å². The summed E-state index contributed by atoms with van der Waals surface area (Å²) in [6, 6.07) is 0. The Morgan fingerprint density at radius 1 is 1.45 bits per heavy atom. The summed E-state index contributed by atoms with van der Waals surface area (Å²) in [7, 11) is 0. The van der Waals surface area contributed by atoms with Crippen molar-refractivity contribution in [3.8, 4) is 0 Å². The van der Waals surface area contributed by atoms with E-state index < -0.39 is 18.4 Å². The number of Topliss-reactive ketones (excluding diaryl/α,β-unsaturated/α-hetero) is 1. The third-order valence-electron chi connectivity index (χ3n) is 0.897. The molecule has 0 aliphatic carbocycles. The zero-order valence-electron chi connectivity index (χ0n) is 6.16. The first kappa shape index (κ1) is 10.2. The first-order valence-corrected chi connectivity index (χ1v) is 3.04. The van der Waals surface area contributed by atoms with Crippen LogP contribution in [0.1, 0.15) is 19.8 Å². The summed E-state index contributed by atoms with van der Waals surface area (Å²) < 4.78 is 34.5. The molecule has 4 heteroatoms. The predicted octanol–water partition coefficient (Wildman–Crippen LogP) is 2.47. The van der Waals surface area contributed by atoms with Crippen LogP contribution in [0.4, 0.5) is 13.2 Å². The fourth-order valence-corrected chi connectivity index (χ4v) is 0.623. The molecule has 0 aromatic heterocycles. The van der Waals surface area contributed by atoms with Gasteiger partial charge >= 0.3 is 6.18 Å². The van der Waals surface area contributed by atoms with Crippen LogP contribution in [-0.2, 0) is 4.79 Å². The minimum atomic E-state index is -4.38. The van der Waals surface area contributed by atoms with Gasteiger partial charge in [-0.3, -0.25) is 4.79 Å². The third-order valence-corrected chi connectivity index (χ3v) is 0.897. The Morgan fingerprint density at radius 3 is 2.18 bits per heavy atom. The molecule has 0 unspecified atom stereocenters. The average Bonchev–Trinajstić information content (AvgIpc) is 1.53. The van der Waals surface area contributed by atoms with Gasteiger partial charge in [-0.15, -0.1) is 0 Å². The molecule has 0 atom stereocenters. The Kier molecular flexibility index (Phi) is 3.29. The van der Waals surface area contributed by atoms with Gasteiger partial charge in [-0.1, -0.05) is 12.2 Å². The van der Waals surface area contributed by atoms with E-state index in [1.807, 2.05) is 0 Å². The maximum Gasteiger partial charge on any atom is 0.395 e. The smallest absolute Gasteiger partial charge is 0.299 e. The molecular weight excluding hydrogens is 157 g/mol. The number of carbonyl (C=O) groups excluding carboxylic acids is 1. The van der Waals surface area contributed by atoms with Gasteiger partial charge in [0.05, 0.1) is 0 Å². The van der Waals surface area contributed by atoms with Crippen LogP contribution in [0.15, 0.2) is 12.2 Å². The highest BCUT2D eigenvalue weighted by atomic mass is 19.4. The van der Waals surface area contributed by atoms with Crippen molar-refractivity contribution in [3.63, 3.8) is 0 Å². The van der Waals surface area contributed by atoms with Crippen molar-refractivity contribution < 1.29 is 18.0 Å². The van der Waals surface area contributed by atoms with E-state index in [1.54, 1.807) is 0 Å². The second kappa shape index (κ2) is 3.55. The van der Waals surface area contributed by atoms with E-state index in [0.29, 0.717) is 5.57 Å². The molecule has 0 saturated carbocycles. The minimum Gasteiger partial charge on any atom is -0.299 e. The quantitative estimate of drug-likeness (QED) is 0.588. The molecule has 0 spiro atoms. The number of rotatable bonds is 3. The summed E-state index contributed by atoms with van der Waals surface area (Å²) in [5, 5.41) is 0. The molecule has 0 radical (unpaired) electrons. The van der Waals surface area contributed by atoms with E-state index in [2.05, 4.69) is 6.58 Å². The number of allylic oxidation sites excluding steroid dienone is 1. The first-order chi connectivity index (χ1) is 4.81. The maximum absolute atomic E-state index is 11.5. The minimum absolute atomic E-state index is 0.181. The van der Waals surface area contributed by atoms with Crippen molar-refractivity contribution in [2.75, 3.05) is 0 Å². The van der Waals surface area contributed by atoms with Gasteiger partial charge in [-0.25, -0.2) is 0 Å². The van der Waals surface area contributed by atoms with Crippen LogP contribution < -0.4 is 0 Å². The van der Waals surface area contributed by atoms with Crippen LogP contribution in [0.2, 0.25) is 0 Å². The molecule has 64 valence electrons. The van der Waals surface area contributed by atoms with Crippen molar-refractivity contribution in [1.29, 1.82) is 0 Å². The zero-order chi connectivity index (χ0) is 9.07. The summed E-state index contributed by atoms with van der Waals surface area (Å²) in [5.41, 5.74) is 0.458. The van der Waals surface area contributed by atoms with Gasteiger partial charge in [-0.2, -0.15) is 13.2 Å². The maximum atomic E-state index is 11.5. The first-order valence-electron chi connectivity index (χ1n) is 3.04. The van der Waals surface area contributed by atoms with E-state index in [1.165, 1.54) is 6.92 Å². The molecule has 0 rings (SSSR count). The highest BCUT2D eigenvalue weighted by Crippen LogP contribution is 2.21. The monoisotopic (exact) mass is 166 g/mol. The molecule has 0 aliphatic heterocycles. The molecule has 11 heavy (non-hydrogen) atoms. The molecule has 0 saturated heterocycles. The van der Waals surface area contributed by atoms with Crippen LogP contribution in [0.3, 0.4) is 0 Å². The van der Waals surface area contributed by atoms with Crippen LogP contribution >= 0.6 is 0 Å². The van der Waals surface area contributed by atoms with E-state index in [-0.39, 0.29) is 6.42 Å². The number of hydrogen-bond donors (Lipinski definition) is 0. The van der Waals surface area contributed by atoms with Gasteiger partial charge < -0.3 is 0 Å². The number of ketones is 1. The fourth-order valence-electron chi connectivity index (χ4n) is 0.623. The number of alkyl halides is 3. The highest BCUT2D eigenvalue weighted by molar-refractivity contribution is 5.81. The Bertz CT molecular complexity index is 169. The van der Waals surface area contributed by atoms with E-state index in [4.69, 9.17) is 0 Å². The van der Waals surface area contributed by atoms with E-state index in [9.17, 15) is 18.0 Å². The lowest BCUT2D eigenvalue weighted by Crippen LogP contribution is -2.14. The predicted molar refractivity (Wildman–Crippen MR) is 35.1 cm³/mol. The van der Waals surface area contributed by atoms with Gasteiger partial charge in [-0.05, 0) is 6.92 Å². The van der Waals surface area contributed by atoms with Crippen molar-refractivity contribution >= 4 is 5.78 Å². The highest BCUT2D eigenvalue weighted by Gasteiger charge is 2.30. The van der Waals surface area contributed by atoms with Crippen molar-refractivity contribution in [2.24, 2.45) is 0 Å². The van der Waals surface area contributed by atoms with Crippen molar-refractivity contribution in [3.05, 3.63) is 12.2 Å². The molecule has 0 heterocycles. The van der Waals surface area contributed by atoms with E-state index >= 15 is 0 Å². The Morgan fingerprint density at radius 2 is 1.91 bits per heavy atom. The lowest BCUT2D eigenvalue weighted by atomic mass is 10.1. The van der Waals surface area contributed by atoms with Gasteiger partial charge in [0.25, 0.3) is 0 Å². The molecule has 1 nitrogen and oxygen atoms in total. The molecule has 0 fully saturated rings. The Hall–Kier alpha value is -0.800. The summed E-state index contributed by atoms with van der Waals surface area (Å²) in [6.45, 7) is 4.86. The average molecular weight is 166 g/mol. The van der Waals surface area contributed by atoms with Crippen LogP contribution in [0, 0.1) is 0 Å². The molecule has 0 aromatic rings. The summed E-state index contributed by atoms with van der Waals surface area (Å²) >= 11 is 0. The second-order valence-electron chi connectivity index (χ2n) is 2.46. The Balaban J connectivity index is 3.80. The second-order valence-corrected chi connectivity index (χ2v) is 2.46. The molecule has 0 amide bonds. The molecule has 0 bridgehead atoms. The topological polar surface area (TPSA) is 17.1 Å². The van der Waals surface area contributed by atoms with Crippen LogP contribution in [0.5, 0.6) is 0 Å². The van der Waals surface area contributed by atoms with Gasteiger partial charge in [0.15, 0.2) is 0 Å². The lowest BCUT2D eigenvalue weighted by molar-refractivity contribution is -0.151. The number of halogens is 3. The fraction of sp³-hybridized carbons (Fsp3) is 0.571. The van der Waals surface area contributed by atoms with Crippen molar-refractivity contribution in [1.82, 2.24) is 0 Å².